The number of carbonyl (C=O) groups excluding carboxylic acids is 1. The van der Waals surface area contributed by atoms with Gasteiger partial charge in [0.05, 0.1) is 0 Å². The van der Waals surface area contributed by atoms with Gasteiger partial charge in [-0.25, -0.2) is 4.79 Å². The van der Waals surface area contributed by atoms with E-state index in [1.165, 1.54) is 5.56 Å². The zero-order chi connectivity index (χ0) is 11.3. The van der Waals surface area contributed by atoms with Gasteiger partial charge in [-0.2, -0.15) is 0 Å². The molecule has 0 aromatic heterocycles. The number of carbonyl (C=O) groups is 1. The summed E-state index contributed by atoms with van der Waals surface area (Å²) >= 11 is 0. The Bertz CT molecular complexity index is 347. The fourth-order valence-electron chi connectivity index (χ4n) is 1.49. The van der Waals surface area contributed by atoms with E-state index in [2.05, 4.69) is 12.2 Å². The monoisotopic (exact) mass is 207 g/mol. The Labute approximate surface area is 90.4 Å². The third-order valence-electron chi connectivity index (χ3n) is 2.27. The summed E-state index contributed by atoms with van der Waals surface area (Å²) in [4.78, 5) is 11.1. The van der Waals surface area contributed by atoms with Crippen LogP contribution in [0.3, 0.4) is 0 Å². The van der Waals surface area contributed by atoms with Gasteiger partial charge in [0.2, 0.25) is 0 Å². The molecular weight excluding hydrogens is 190 g/mol. The molecule has 3 heteroatoms. The molecule has 0 unspecified atom stereocenters. The predicted molar refractivity (Wildman–Crippen MR) is 60.3 cm³/mol. The summed E-state index contributed by atoms with van der Waals surface area (Å²) in [5.74, 6) is 0.663. The third-order valence-corrected chi connectivity index (χ3v) is 2.27. The SMILES string of the molecule is CCCc1c(C)cccc1OC(=O)NC. The van der Waals surface area contributed by atoms with Crippen molar-refractivity contribution in [1.82, 2.24) is 5.32 Å². The summed E-state index contributed by atoms with van der Waals surface area (Å²) in [7, 11) is 1.55. The van der Waals surface area contributed by atoms with E-state index in [4.69, 9.17) is 4.74 Å². The van der Waals surface area contributed by atoms with Gasteiger partial charge >= 0.3 is 6.09 Å². The molecule has 1 N–H and O–H groups in total. The van der Waals surface area contributed by atoms with E-state index < -0.39 is 6.09 Å². The van der Waals surface area contributed by atoms with Crippen molar-refractivity contribution < 1.29 is 9.53 Å². The van der Waals surface area contributed by atoms with Crippen LogP contribution in [-0.2, 0) is 6.42 Å². The van der Waals surface area contributed by atoms with Crippen molar-refractivity contribution in [1.29, 1.82) is 0 Å². The van der Waals surface area contributed by atoms with Gasteiger partial charge in [0.1, 0.15) is 5.75 Å². The minimum absolute atomic E-state index is 0.419. The highest BCUT2D eigenvalue weighted by atomic mass is 16.6. The molecular formula is C12H17NO2. The lowest BCUT2D eigenvalue weighted by Gasteiger charge is -2.11. The lowest BCUT2D eigenvalue weighted by molar-refractivity contribution is 0.202. The number of benzene rings is 1. The minimum Gasteiger partial charge on any atom is -0.410 e. The van der Waals surface area contributed by atoms with Gasteiger partial charge < -0.3 is 10.1 Å². The predicted octanol–water partition coefficient (Wildman–Crippen LogP) is 2.67. The molecule has 3 nitrogen and oxygen atoms in total. The first-order valence-electron chi connectivity index (χ1n) is 5.17. The summed E-state index contributed by atoms with van der Waals surface area (Å²) in [5.41, 5.74) is 2.28. The molecule has 1 rings (SSSR count). The quantitative estimate of drug-likeness (QED) is 0.827. The number of nitrogens with one attached hydrogen (secondary N) is 1. The first-order valence-corrected chi connectivity index (χ1v) is 5.17. The van der Waals surface area contributed by atoms with Crippen LogP contribution in [-0.4, -0.2) is 13.1 Å². The molecule has 0 fully saturated rings. The van der Waals surface area contributed by atoms with E-state index in [0.29, 0.717) is 5.75 Å². The van der Waals surface area contributed by atoms with Crippen LogP contribution in [0.15, 0.2) is 18.2 Å². The Kier molecular flexibility index (Phi) is 4.16. The van der Waals surface area contributed by atoms with Crippen LogP contribution in [0.2, 0.25) is 0 Å². The highest BCUT2D eigenvalue weighted by Crippen LogP contribution is 2.23. The van der Waals surface area contributed by atoms with Gasteiger partial charge in [-0.3, -0.25) is 0 Å². The highest BCUT2D eigenvalue weighted by molar-refractivity contribution is 5.70. The summed E-state index contributed by atoms with van der Waals surface area (Å²) in [5, 5.41) is 2.44. The molecule has 0 spiro atoms. The minimum atomic E-state index is -0.419. The Balaban J connectivity index is 2.94. The molecule has 0 radical (unpaired) electrons. The molecule has 0 bridgehead atoms. The van der Waals surface area contributed by atoms with Crippen LogP contribution in [0, 0.1) is 6.92 Å². The molecule has 0 saturated heterocycles. The molecule has 0 aliphatic carbocycles. The van der Waals surface area contributed by atoms with Crippen LogP contribution in [0.5, 0.6) is 5.75 Å². The second kappa shape index (κ2) is 5.39. The van der Waals surface area contributed by atoms with Gasteiger partial charge in [0.15, 0.2) is 0 Å². The molecule has 1 aromatic rings. The summed E-state index contributed by atoms with van der Waals surface area (Å²) < 4.78 is 5.18. The average molecular weight is 207 g/mol. The van der Waals surface area contributed by atoms with Crippen molar-refractivity contribution in [2.24, 2.45) is 0 Å². The molecule has 1 amide bonds. The molecule has 82 valence electrons. The molecule has 15 heavy (non-hydrogen) atoms. The Morgan fingerprint density at radius 1 is 1.47 bits per heavy atom. The maximum Gasteiger partial charge on any atom is 0.412 e. The topological polar surface area (TPSA) is 38.3 Å². The number of hydrogen-bond acceptors (Lipinski definition) is 2. The Morgan fingerprint density at radius 2 is 2.20 bits per heavy atom. The van der Waals surface area contributed by atoms with Gasteiger partial charge in [-0.15, -0.1) is 0 Å². The van der Waals surface area contributed by atoms with E-state index in [9.17, 15) is 4.79 Å². The standard InChI is InChI=1S/C12H17NO2/c1-4-6-10-9(2)7-5-8-11(10)15-12(14)13-3/h5,7-8H,4,6H2,1-3H3,(H,13,14). The van der Waals surface area contributed by atoms with Crippen molar-refractivity contribution in [2.45, 2.75) is 26.7 Å². The maximum absolute atomic E-state index is 11.1. The van der Waals surface area contributed by atoms with Gasteiger partial charge in [-0.05, 0) is 30.5 Å². The van der Waals surface area contributed by atoms with Crippen molar-refractivity contribution >= 4 is 6.09 Å². The molecule has 0 heterocycles. The largest absolute Gasteiger partial charge is 0.412 e. The fourth-order valence-corrected chi connectivity index (χ4v) is 1.49. The van der Waals surface area contributed by atoms with Crippen molar-refractivity contribution in [3.63, 3.8) is 0 Å². The van der Waals surface area contributed by atoms with Crippen molar-refractivity contribution in [3.8, 4) is 5.75 Å². The summed E-state index contributed by atoms with van der Waals surface area (Å²) in [6, 6.07) is 5.75. The Morgan fingerprint density at radius 3 is 2.80 bits per heavy atom. The van der Waals surface area contributed by atoms with E-state index in [1.807, 2.05) is 25.1 Å². The maximum atomic E-state index is 11.1. The second-order valence-electron chi connectivity index (χ2n) is 3.44. The number of aryl methyl sites for hydroxylation is 1. The van der Waals surface area contributed by atoms with Gasteiger partial charge in [-0.1, -0.05) is 25.5 Å². The van der Waals surface area contributed by atoms with Crippen molar-refractivity contribution in [2.75, 3.05) is 7.05 Å². The lowest BCUT2D eigenvalue weighted by Crippen LogP contribution is -2.22. The number of hydrogen-bond donors (Lipinski definition) is 1. The van der Waals surface area contributed by atoms with E-state index in [1.54, 1.807) is 7.05 Å². The molecule has 0 saturated carbocycles. The number of amides is 1. The molecule has 0 atom stereocenters. The highest BCUT2D eigenvalue weighted by Gasteiger charge is 2.08. The van der Waals surface area contributed by atoms with Crippen LogP contribution < -0.4 is 10.1 Å². The number of rotatable bonds is 3. The van der Waals surface area contributed by atoms with Crippen LogP contribution >= 0.6 is 0 Å². The van der Waals surface area contributed by atoms with Crippen LogP contribution in [0.25, 0.3) is 0 Å². The van der Waals surface area contributed by atoms with Crippen LogP contribution in [0.1, 0.15) is 24.5 Å². The van der Waals surface area contributed by atoms with Gasteiger partial charge in [0.25, 0.3) is 0 Å². The number of ether oxygens (including phenoxy) is 1. The van der Waals surface area contributed by atoms with Crippen molar-refractivity contribution in [3.05, 3.63) is 29.3 Å². The zero-order valence-electron chi connectivity index (χ0n) is 9.46. The first kappa shape index (κ1) is 11.6. The normalized spacial score (nSPS) is 9.80. The Hall–Kier alpha value is -1.51. The fraction of sp³-hybridized carbons (Fsp3) is 0.417. The molecule has 1 aromatic carbocycles. The van der Waals surface area contributed by atoms with Crippen LogP contribution in [0.4, 0.5) is 4.79 Å². The smallest absolute Gasteiger partial charge is 0.410 e. The first-order chi connectivity index (χ1) is 7.19. The van der Waals surface area contributed by atoms with E-state index in [0.717, 1.165) is 18.4 Å². The lowest BCUT2D eigenvalue weighted by atomic mass is 10.0. The van der Waals surface area contributed by atoms with Gasteiger partial charge in [0, 0.05) is 7.05 Å². The summed E-state index contributed by atoms with van der Waals surface area (Å²) in [6.07, 6.45) is 1.55. The molecule has 0 aliphatic heterocycles. The van der Waals surface area contributed by atoms with E-state index >= 15 is 0 Å². The second-order valence-corrected chi connectivity index (χ2v) is 3.44. The molecule has 0 aliphatic rings. The zero-order valence-corrected chi connectivity index (χ0v) is 9.46. The van der Waals surface area contributed by atoms with E-state index in [-0.39, 0.29) is 0 Å². The summed E-state index contributed by atoms with van der Waals surface area (Å²) in [6.45, 7) is 4.14. The third kappa shape index (κ3) is 2.98. The average Bonchev–Trinajstić information content (AvgIpc) is 2.23.